The molecule has 0 aliphatic heterocycles. The lowest BCUT2D eigenvalue weighted by Gasteiger charge is -2.45. The maximum absolute atomic E-state index is 15.0. The molecule has 0 saturated carbocycles. The molecule has 0 amide bonds. The third-order valence-electron chi connectivity index (χ3n) is 4.91. The van der Waals surface area contributed by atoms with Gasteiger partial charge < -0.3 is 13.5 Å². The van der Waals surface area contributed by atoms with Crippen molar-refractivity contribution in [1.82, 2.24) is 0 Å². The minimum atomic E-state index is -4.67. The standard InChI is InChI=1S/C18H37F2O4PSi/c1-11-22-25(21,23-12-2)18(19,20)16(9)17(10)24-26(13(3)4,14(5)6)15(7)8/h13-15,17H,9,11-12H2,1-8,10H3/t17-/m0/s1. The van der Waals surface area contributed by atoms with E-state index in [9.17, 15) is 13.3 Å². The monoisotopic (exact) mass is 414 g/mol. The van der Waals surface area contributed by atoms with Gasteiger partial charge in [0.05, 0.1) is 19.3 Å². The molecule has 0 aromatic rings. The molecule has 8 heteroatoms. The molecule has 0 saturated heterocycles. The van der Waals surface area contributed by atoms with Crippen molar-refractivity contribution < 1.29 is 26.8 Å². The van der Waals surface area contributed by atoms with Crippen molar-refractivity contribution in [3.05, 3.63) is 12.2 Å². The first-order chi connectivity index (χ1) is 11.7. The first-order valence-electron chi connectivity index (χ1n) is 9.38. The van der Waals surface area contributed by atoms with Gasteiger partial charge in [0.1, 0.15) is 0 Å². The second-order valence-electron chi connectivity index (χ2n) is 7.48. The third-order valence-corrected chi connectivity index (χ3v) is 13.3. The van der Waals surface area contributed by atoms with E-state index in [1.165, 1.54) is 13.8 Å². The molecule has 0 spiro atoms. The van der Waals surface area contributed by atoms with Crippen LogP contribution >= 0.6 is 7.60 Å². The Kier molecular flexibility index (Phi) is 9.89. The fourth-order valence-corrected chi connectivity index (χ4v) is 10.9. The number of alkyl halides is 2. The van der Waals surface area contributed by atoms with Crippen molar-refractivity contribution in [3.8, 4) is 0 Å². The van der Waals surface area contributed by atoms with E-state index >= 15 is 0 Å². The van der Waals surface area contributed by atoms with E-state index in [2.05, 4.69) is 48.1 Å². The van der Waals surface area contributed by atoms with Crippen LogP contribution in [-0.2, 0) is 18.0 Å². The lowest BCUT2D eigenvalue weighted by atomic mass is 10.2. The molecule has 0 fully saturated rings. The van der Waals surface area contributed by atoms with Crippen molar-refractivity contribution in [1.29, 1.82) is 0 Å². The Hall–Kier alpha value is -0.0731. The number of rotatable bonds is 12. The summed E-state index contributed by atoms with van der Waals surface area (Å²) in [6.45, 7) is 20.2. The Morgan fingerprint density at radius 1 is 0.962 bits per heavy atom. The highest BCUT2D eigenvalue weighted by molar-refractivity contribution is 7.55. The van der Waals surface area contributed by atoms with E-state index < -0.39 is 33.3 Å². The van der Waals surface area contributed by atoms with Crippen LogP contribution in [0.2, 0.25) is 16.6 Å². The van der Waals surface area contributed by atoms with Crippen LogP contribution < -0.4 is 0 Å². The van der Waals surface area contributed by atoms with Crippen LogP contribution in [0.4, 0.5) is 8.78 Å². The molecule has 0 rings (SSSR count). The Bertz CT molecular complexity index is 478. The van der Waals surface area contributed by atoms with Gasteiger partial charge in [0.2, 0.25) is 8.32 Å². The predicted molar refractivity (Wildman–Crippen MR) is 107 cm³/mol. The van der Waals surface area contributed by atoms with Gasteiger partial charge in [-0.2, -0.15) is 8.78 Å². The van der Waals surface area contributed by atoms with Crippen molar-refractivity contribution in [3.63, 3.8) is 0 Å². The highest BCUT2D eigenvalue weighted by Gasteiger charge is 2.58. The number of hydrogen-bond donors (Lipinski definition) is 0. The summed E-state index contributed by atoms with van der Waals surface area (Å²) >= 11 is 0. The Morgan fingerprint density at radius 3 is 1.58 bits per heavy atom. The molecule has 0 aromatic carbocycles. The van der Waals surface area contributed by atoms with Crippen LogP contribution in [0.15, 0.2) is 12.2 Å². The first kappa shape index (κ1) is 25.9. The number of halogens is 2. The molecule has 156 valence electrons. The molecule has 0 bridgehead atoms. The molecule has 1 atom stereocenters. The van der Waals surface area contributed by atoms with E-state index in [-0.39, 0.29) is 29.8 Å². The van der Waals surface area contributed by atoms with Crippen LogP contribution in [0.25, 0.3) is 0 Å². The van der Waals surface area contributed by atoms with Gasteiger partial charge in [0.15, 0.2) is 0 Å². The summed E-state index contributed by atoms with van der Waals surface area (Å²) in [6.07, 6.45) is -0.960. The average molecular weight is 415 g/mol. The Labute approximate surface area is 159 Å². The smallest absolute Gasteiger partial charge is 0.404 e. The molecular weight excluding hydrogens is 377 g/mol. The summed E-state index contributed by atoms with van der Waals surface area (Å²) in [4.78, 5) is 0. The highest BCUT2D eigenvalue weighted by Crippen LogP contribution is 2.65. The SMILES string of the molecule is C=C([C@H](C)O[Si](C(C)C)(C(C)C)C(C)C)C(F)(F)P(=O)(OCC)OCC. The quantitative estimate of drug-likeness (QED) is 0.196. The highest BCUT2D eigenvalue weighted by atomic mass is 31.2. The summed E-state index contributed by atoms with van der Waals surface area (Å²) in [6, 6.07) is 0. The summed E-state index contributed by atoms with van der Waals surface area (Å²) in [7, 11) is -7.06. The second-order valence-corrected chi connectivity index (χ2v) is 15.0. The van der Waals surface area contributed by atoms with Gasteiger partial charge in [0.25, 0.3) is 0 Å². The fraction of sp³-hybridized carbons (Fsp3) is 0.889. The van der Waals surface area contributed by atoms with Crippen molar-refractivity contribution in [2.45, 2.75) is 90.7 Å². The van der Waals surface area contributed by atoms with Gasteiger partial charge in [-0.25, -0.2) is 0 Å². The van der Waals surface area contributed by atoms with Gasteiger partial charge >= 0.3 is 13.3 Å². The molecule has 0 unspecified atom stereocenters. The second kappa shape index (κ2) is 9.92. The maximum Gasteiger partial charge on any atom is 0.404 e. The van der Waals surface area contributed by atoms with Crippen molar-refractivity contribution in [2.24, 2.45) is 0 Å². The van der Waals surface area contributed by atoms with E-state index in [1.54, 1.807) is 6.92 Å². The van der Waals surface area contributed by atoms with Crippen molar-refractivity contribution >= 4 is 15.9 Å². The largest absolute Gasteiger partial charge is 0.410 e. The first-order valence-corrected chi connectivity index (χ1v) is 13.1. The zero-order chi connectivity index (χ0) is 20.9. The lowest BCUT2D eigenvalue weighted by molar-refractivity contribution is 0.0501. The molecule has 4 nitrogen and oxygen atoms in total. The van der Waals surface area contributed by atoms with E-state index in [0.717, 1.165) is 0 Å². The van der Waals surface area contributed by atoms with Gasteiger partial charge in [-0.1, -0.05) is 48.1 Å². The Balaban J connectivity index is 5.81. The zero-order valence-electron chi connectivity index (χ0n) is 17.8. The molecule has 0 heterocycles. The summed E-state index contributed by atoms with van der Waals surface area (Å²) in [5.74, 6) is 0. The minimum Gasteiger partial charge on any atom is -0.410 e. The molecule has 0 aliphatic rings. The summed E-state index contributed by atoms with van der Waals surface area (Å²) in [5, 5.41) is 0. The van der Waals surface area contributed by atoms with Crippen LogP contribution in [0, 0.1) is 0 Å². The lowest BCUT2D eigenvalue weighted by Crippen LogP contribution is -2.50. The summed E-state index contributed by atoms with van der Waals surface area (Å²) in [5.41, 5.74) is -3.67. The third kappa shape index (κ3) is 5.05. The van der Waals surface area contributed by atoms with Gasteiger partial charge in [-0.3, -0.25) is 4.57 Å². The van der Waals surface area contributed by atoms with Gasteiger partial charge in [-0.05, 0) is 37.4 Å². The minimum absolute atomic E-state index is 0.141. The number of hydrogen-bond acceptors (Lipinski definition) is 4. The molecule has 26 heavy (non-hydrogen) atoms. The van der Waals surface area contributed by atoms with Gasteiger partial charge in [-0.15, -0.1) is 0 Å². The molecule has 0 N–H and O–H groups in total. The summed E-state index contributed by atoms with van der Waals surface area (Å²) < 4.78 is 58.7. The normalized spacial score (nSPS) is 15.2. The zero-order valence-corrected chi connectivity index (χ0v) is 19.7. The predicted octanol–water partition coefficient (Wildman–Crippen LogP) is 6.98. The van der Waals surface area contributed by atoms with E-state index in [0.29, 0.717) is 0 Å². The molecule has 0 aromatic heterocycles. The average Bonchev–Trinajstić information content (AvgIpc) is 2.50. The van der Waals surface area contributed by atoms with Crippen molar-refractivity contribution in [2.75, 3.05) is 13.2 Å². The van der Waals surface area contributed by atoms with E-state index in [1.807, 2.05) is 0 Å². The van der Waals surface area contributed by atoms with Gasteiger partial charge in [0, 0.05) is 5.57 Å². The molecular formula is C18H37F2O4PSi. The topological polar surface area (TPSA) is 44.8 Å². The maximum atomic E-state index is 15.0. The molecule has 0 aliphatic carbocycles. The van der Waals surface area contributed by atoms with Crippen LogP contribution in [-0.4, -0.2) is 33.3 Å². The Morgan fingerprint density at radius 2 is 1.31 bits per heavy atom. The van der Waals surface area contributed by atoms with Crippen LogP contribution in [0.3, 0.4) is 0 Å². The molecule has 0 radical (unpaired) electrons. The van der Waals surface area contributed by atoms with E-state index in [4.69, 9.17) is 13.5 Å². The van der Waals surface area contributed by atoms with Crippen LogP contribution in [0.5, 0.6) is 0 Å². The van der Waals surface area contributed by atoms with Crippen LogP contribution in [0.1, 0.15) is 62.3 Å². The fourth-order valence-electron chi connectivity index (χ4n) is 3.75.